The lowest BCUT2D eigenvalue weighted by Crippen LogP contribution is -2.45. The van der Waals surface area contributed by atoms with E-state index in [1.54, 1.807) is 0 Å². The normalized spacial score (nSPS) is 22.7. The van der Waals surface area contributed by atoms with Crippen LogP contribution in [-0.2, 0) is 23.3 Å². The number of imide groups is 1. The number of hydrogen-bond donors (Lipinski definition) is 2. The Labute approximate surface area is 173 Å². The van der Waals surface area contributed by atoms with Gasteiger partial charge in [0.1, 0.15) is 5.54 Å². The lowest BCUT2D eigenvalue weighted by atomic mass is 9.92. The molecule has 2 aromatic carbocycles. The maximum Gasteiger partial charge on any atom is 0.325 e. The van der Waals surface area contributed by atoms with Gasteiger partial charge >= 0.3 is 6.03 Å². The van der Waals surface area contributed by atoms with Gasteiger partial charge < -0.3 is 10.4 Å². The molecule has 6 nitrogen and oxygen atoms in total. The molecule has 0 aliphatic carbocycles. The fourth-order valence-electron chi connectivity index (χ4n) is 4.14. The number of benzene rings is 2. The second-order valence-electron chi connectivity index (χ2n) is 8.01. The minimum Gasteiger partial charge on any atom is -0.390 e. The molecule has 2 aromatic rings. The Kier molecular flexibility index (Phi) is 5.29. The largest absolute Gasteiger partial charge is 0.390 e. The van der Waals surface area contributed by atoms with E-state index in [1.165, 1.54) is 24.1 Å². The summed E-state index contributed by atoms with van der Waals surface area (Å²) >= 11 is 0. The van der Waals surface area contributed by atoms with Crippen LogP contribution in [0.5, 0.6) is 0 Å². The van der Waals surface area contributed by atoms with Crippen LogP contribution in [-0.4, -0.2) is 52.6 Å². The van der Waals surface area contributed by atoms with E-state index in [0.717, 1.165) is 30.0 Å². The Bertz CT molecular complexity index is 999. The molecule has 1 fully saturated rings. The molecule has 158 valence electrons. The van der Waals surface area contributed by atoms with E-state index in [0.29, 0.717) is 13.1 Å². The molecule has 0 radical (unpaired) electrons. The summed E-state index contributed by atoms with van der Waals surface area (Å²) in [5, 5.41) is 13.1. The van der Waals surface area contributed by atoms with Gasteiger partial charge in [-0.05, 0) is 42.2 Å². The van der Waals surface area contributed by atoms with Crippen molar-refractivity contribution in [2.75, 3.05) is 19.6 Å². The van der Waals surface area contributed by atoms with Gasteiger partial charge in [0.2, 0.25) is 0 Å². The highest BCUT2D eigenvalue weighted by atomic mass is 19.2. The molecule has 2 heterocycles. The number of aliphatic hydroxyl groups excluding tert-OH is 1. The first-order valence-corrected chi connectivity index (χ1v) is 9.85. The van der Waals surface area contributed by atoms with Crippen molar-refractivity contribution in [3.63, 3.8) is 0 Å². The van der Waals surface area contributed by atoms with Gasteiger partial charge in [-0.15, -0.1) is 0 Å². The minimum atomic E-state index is -1.52. The first-order valence-electron chi connectivity index (χ1n) is 9.85. The number of fused-ring (bicyclic) bond motifs is 1. The van der Waals surface area contributed by atoms with Crippen molar-refractivity contribution in [3.05, 3.63) is 70.8 Å². The molecule has 2 atom stereocenters. The first kappa shape index (κ1) is 20.4. The highest BCUT2D eigenvalue weighted by molar-refractivity contribution is 6.07. The lowest BCUT2D eigenvalue weighted by molar-refractivity contribution is -0.132. The van der Waals surface area contributed by atoms with Crippen molar-refractivity contribution in [2.24, 2.45) is 0 Å². The number of amides is 3. The highest BCUT2D eigenvalue weighted by Crippen LogP contribution is 2.30. The van der Waals surface area contributed by atoms with Crippen molar-refractivity contribution in [2.45, 2.75) is 31.5 Å². The number of aliphatic hydroxyl groups is 1. The number of carbonyl (C=O) groups excluding carboxylic acids is 2. The smallest absolute Gasteiger partial charge is 0.325 e. The fourth-order valence-corrected chi connectivity index (χ4v) is 4.14. The zero-order valence-corrected chi connectivity index (χ0v) is 16.6. The summed E-state index contributed by atoms with van der Waals surface area (Å²) in [5.41, 5.74) is 1.12. The predicted octanol–water partition coefficient (Wildman–Crippen LogP) is 2.15. The van der Waals surface area contributed by atoms with Gasteiger partial charge in [-0.1, -0.05) is 30.3 Å². The molecule has 2 aliphatic rings. The van der Waals surface area contributed by atoms with Crippen LogP contribution in [0, 0.1) is 11.6 Å². The van der Waals surface area contributed by atoms with Gasteiger partial charge in [-0.25, -0.2) is 13.6 Å². The van der Waals surface area contributed by atoms with E-state index >= 15 is 0 Å². The lowest BCUT2D eigenvalue weighted by Gasteiger charge is -2.31. The third kappa shape index (κ3) is 3.68. The van der Waals surface area contributed by atoms with Crippen LogP contribution in [0.4, 0.5) is 13.6 Å². The van der Waals surface area contributed by atoms with E-state index in [4.69, 9.17) is 0 Å². The number of nitrogens with zero attached hydrogens (tertiary/aromatic N) is 2. The zero-order valence-electron chi connectivity index (χ0n) is 16.6. The van der Waals surface area contributed by atoms with E-state index < -0.39 is 35.2 Å². The monoisotopic (exact) mass is 415 g/mol. The van der Waals surface area contributed by atoms with Crippen molar-refractivity contribution < 1.29 is 23.5 Å². The van der Waals surface area contributed by atoms with Gasteiger partial charge in [0.05, 0.1) is 12.6 Å². The maximum atomic E-state index is 13.6. The SMILES string of the molecule is CC1(c2ccc(F)c(F)c2)NC(=O)N(CC(O)CN2CCc3ccccc3C2)C1=O. The standard InChI is InChI=1S/C22H23F2N3O3/c1-22(16-6-7-18(23)19(24)10-16)20(29)27(21(30)25-22)13-17(28)12-26-9-8-14-4-2-3-5-15(14)11-26/h2-7,10,17,28H,8-9,11-13H2,1H3,(H,25,30). The van der Waals surface area contributed by atoms with Gasteiger partial charge in [-0.3, -0.25) is 14.6 Å². The molecule has 0 spiro atoms. The van der Waals surface area contributed by atoms with Crippen LogP contribution < -0.4 is 5.32 Å². The molecular weight excluding hydrogens is 392 g/mol. The van der Waals surface area contributed by atoms with Crippen LogP contribution in [0.2, 0.25) is 0 Å². The summed E-state index contributed by atoms with van der Waals surface area (Å²) in [4.78, 5) is 28.4. The maximum absolute atomic E-state index is 13.6. The van der Waals surface area contributed by atoms with Crippen LogP contribution in [0.1, 0.15) is 23.6 Å². The van der Waals surface area contributed by atoms with Crippen LogP contribution >= 0.6 is 0 Å². The van der Waals surface area contributed by atoms with E-state index in [9.17, 15) is 23.5 Å². The Morgan fingerprint density at radius 3 is 2.57 bits per heavy atom. The molecule has 2 aliphatic heterocycles. The topological polar surface area (TPSA) is 72.9 Å². The molecule has 1 saturated heterocycles. The van der Waals surface area contributed by atoms with Crippen molar-refractivity contribution in [1.82, 2.24) is 15.1 Å². The highest BCUT2D eigenvalue weighted by Gasteiger charge is 2.49. The second-order valence-corrected chi connectivity index (χ2v) is 8.01. The molecule has 0 bridgehead atoms. The van der Waals surface area contributed by atoms with E-state index in [-0.39, 0.29) is 12.1 Å². The molecule has 2 unspecified atom stereocenters. The van der Waals surface area contributed by atoms with Crippen molar-refractivity contribution in [1.29, 1.82) is 0 Å². The van der Waals surface area contributed by atoms with Crippen LogP contribution in [0.25, 0.3) is 0 Å². The minimum absolute atomic E-state index is 0.143. The van der Waals surface area contributed by atoms with E-state index in [1.807, 2.05) is 12.1 Å². The average Bonchev–Trinajstić information content (AvgIpc) is 2.94. The third-order valence-electron chi connectivity index (χ3n) is 5.84. The molecule has 3 amide bonds. The summed E-state index contributed by atoms with van der Waals surface area (Å²) < 4.78 is 26.9. The molecular formula is C22H23F2N3O3. The average molecular weight is 415 g/mol. The molecule has 2 N–H and O–H groups in total. The van der Waals surface area contributed by atoms with Gasteiger partial charge in [-0.2, -0.15) is 0 Å². The number of β-amino-alcohol motifs (C(OH)–C–C–N with tert-alkyl or cyclic N) is 1. The van der Waals surface area contributed by atoms with Crippen LogP contribution in [0.3, 0.4) is 0 Å². The summed E-state index contributed by atoms with van der Waals surface area (Å²) in [6.07, 6.45) is -0.0579. The third-order valence-corrected chi connectivity index (χ3v) is 5.84. The summed E-state index contributed by atoms with van der Waals surface area (Å²) in [5.74, 6) is -2.74. The number of carbonyl (C=O) groups is 2. The summed E-state index contributed by atoms with van der Waals surface area (Å²) in [7, 11) is 0. The summed E-state index contributed by atoms with van der Waals surface area (Å²) in [6.45, 7) is 3.05. The molecule has 4 rings (SSSR count). The predicted molar refractivity (Wildman–Crippen MR) is 105 cm³/mol. The Hall–Kier alpha value is -2.84. The fraction of sp³-hybridized carbons (Fsp3) is 0.364. The number of halogens is 2. The summed E-state index contributed by atoms with van der Waals surface area (Å²) in [6, 6.07) is 10.5. The number of rotatable bonds is 5. The molecule has 30 heavy (non-hydrogen) atoms. The number of urea groups is 1. The Morgan fingerprint density at radius 1 is 1.10 bits per heavy atom. The van der Waals surface area contributed by atoms with Gasteiger partial charge in [0.25, 0.3) is 5.91 Å². The molecule has 8 heteroatoms. The van der Waals surface area contributed by atoms with Gasteiger partial charge in [0.15, 0.2) is 11.6 Å². The van der Waals surface area contributed by atoms with Gasteiger partial charge in [0, 0.05) is 19.6 Å². The van der Waals surface area contributed by atoms with Crippen LogP contribution in [0.15, 0.2) is 42.5 Å². The van der Waals surface area contributed by atoms with Crippen molar-refractivity contribution in [3.8, 4) is 0 Å². The molecule has 0 aromatic heterocycles. The first-order chi connectivity index (χ1) is 14.3. The quantitative estimate of drug-likeness (QED) is 0.734. The number of hydrogen-bond acceptors (Lipinski definition) is 4. The zero-order chi connectivity index (χ0) is 21.5. The van der Waals surface area contributed by atoms with E-state index in [2.05, 4.69) is 22.3 Å². The second kappa shape index (κ2) is 7.77. The molecule has 0 saturated carbocycles. The van der Waals surface area contributed by atoms with Crippen molar-refractivity contribution >= 4 is 11.9 Å². The Morgan fingerprint density at radius 2 is 1.83 bits per heavy atom. The Balaban J connectivity index is 1.42. The number of nitrogens with one attached hydrogen (secondary N) is 1.